The second kappa shape index (κ2) is 8.87. The lowest BCUT2D eigenvalue weighted by Crippen LogP contribution is -2.41. The predicted molar refractivity (Wildman–Crippen MR) is 137 cm³/mol. The molecular weight excluding hydrogens is 452 g/mol. The largest absolute Gasteiger partial charge is 0.497 e. The third-order valence-corrected chi connectivity index (χ3v) is 8.56. The van der Waals surface area contributed by atoms with E-state index in [1.54, 1.807) is 25.6 Å². The van der Waals surface area contributed by atoms with Crippen molar-refractivity contribution < 1.29 is 19.1 Å². The number of anilines is 1. The Kier molecular flexibility index (Phi) is 5.89. The van der Waals surface area contributed by atoms with Crippen LogP contribution in [0.1, 0.15) is 49.4 Å². The quantitative estimate of drug-likeness (QED) is 0.442. The van der Waals surface area contributed by atoms with Crippen molar-refractivity contribution in [3.8, 4) is 17.0 Å². The molecule has 1 amide bonds. The topological polar surface area (TPSA) is 105 Å². The molecule has 1 aromatic carbocycles. The van der Waals surface area contributed by atoms with Gasteiger partial charge < -0.3 is 14.6 Å². The molecule has 1 N–H and O–H groups in total. The SMILES string of the molecule is COc1cc(-c2cnc3[nH]cc(C(=O)C4(C)CCCCC4)c3n2)cc(N2CC[SH4]C(=O)C2=O)c1. The van der Waals surface area contributed by atoms with Crippen molar-refractivity contribution in [2.24, 2.45) is 5.41 Å². The summed E-state index contributed by atoms with van der Waals surface area (Å²) in [6.45, 7) is 2.59. The van der Waals surface area contributed by atoms with Crippen molar-refractivity contribution in [2.75, 3.05) is 24.3 Å². The molecule has 180 valence electrons. The molecule has 3 aromatic rings. The number of amides is 1. The third-order valence-electron chi connectivity index (χ3n) is 7.13. The number of carbonyl (C=O) groups excluding carboxylic acids is 3. The predicted octanol–water partition coefficient (Wildman–Crippen LogP) is 3.32. The van der Waals surface area contributed by atoms with Crippen molar-refractivity contribution in [2.45, 2.75) is 39.0 Å². The number of methoxy groups -OCH3 is 1. The van der Waals surface area contributed by atoms with Crippen LogP contribution in [0.15, 0.2) is 30.6 Å². The molecular formula is C25H30N4O4S. The van der Waals surface area contributed by atoms with E-state index in [4.69, 9.17) is 9.72 Å². The molecule has 34 heavy (non-hydrogen) atoms. The van der Waals surface area contributed by atoms with Gasteiger partial charge in [0.15, 0.2) is 11.4 Å². The van der Waals surface area contributed by atoms with E-state index >= 15 is 0 Å². The first-order chi connectivity index (χ1) is 16.4. The highest BCUT2D eigenvalue weighted by atomic mass is 32.2. The Balaban J connectivity index is 1.55. The molecule has 1 saturated carbocycles. The van der Waals surface area contributed by atoms with Crippen molar-refractivity contribution >= 4 is 45.4 Å². The zero-order valence-corrected chi connectivity index (χ0v) is 20.9. The molecule has 1 saturated heterocycles. The zero-order valence-electron chi connectivity index (χ0n) is 19.5. The number of fused-ring (bicyclic) bond motifs is 1. The highest BCUT2D eigenvalue weighted by Crippen LogP contribution is 2.40. The molecule has 2 fully saturated rings. The van der Waals surface area contributed by atoms with E-state index in [1.807, 2.05) is 12.1 Å². The second-order valence-electron chi connectivity index (χ2n) is 9.51. The first kappa shape index (κ1) is 22.6. The van der Waals surface area contributed by atoms with Crippen LogP contribution < -0.4 is 9.64 Å². The first-order valence-corrected chi connectivity index (χ1v) is 13.5. The molecule has 0 radical (unpaired) electrons. The van der Waals surface area contributed by atoms with Gasteiger partial charge in [0.1, 0.15) is 11.3 Å². The van der Waals surface area contributed by atoms with Gasteiger partial charge in [-0.2, -0.15) is 0 Å². The van der Waals surface area contributed by atoms with Crippen LogP contribution in [-0.4, -0.2) is 51.2 Å². The van der Waals surface area contributed by atoms with Gasteiger partial charge in [-0.05, 0) is 30.7 Å². The number of ether oxygens (including phenoxy) is 1. The number of benzene rings is 1. The number of nitrogens with zero attached hydrogens (tertiary/aromatic N) is 3. The lowest BCUT2D eigenvalue weighted by atomic mass is 9.71. The van der Waals surface area contributed by atoms with Crippen molar-refractivity contribution in [1.82, 2.24) is 15.0 Å². The average molecular weight is 483 g/mol. The number of rotatable bonds is 5. The molecule has 0 atom stereocenters. The number of hydrogen-bond donors (Lipinski definition) is 1. The molecule has 2 aromatic heterocycles. The molecule has 1 aliphatic carbocycles. The number of carbonyl (C=O) groups is 3. The Labute approximate surface area is 201 Å². The average Bonchev–Trinajstić information content (AvgIpc) is 3.28. The molecule has 3 heterocycles. The zero-order chi connectivity index (χ0) is 23.9. The maximum absolute atomic E-state index is 13.5. The van der Waals surface area contributed by atoms with Gasteiger partial charge in [-0.1, -0.05) is 26.2 Å². The van der Waals surface area contributed by atoms with E-state index in [0.717, 1.165) is 31.4 Å². The van der Waals surface area contributed by atoms with Gasteiger partial charge in [0.2, 0.25) is 5.12 Å². The van der Waals surface area contributed by atoms with Crippen LogP contribution in [0, 0.1) is 5.41 Å². The normalized spacial score (nSPS) is 18.6. The van der Waals surface area contributed by atoms with Gasteiger partial charge in [-0.25, -0.2) is 21.7 Å². The maximum Gasteiger partial charge on any atom is 0.301 e. The van der Waals surface area contributed by atoms with Crippen LogP contribution in [-0.2, 0) is 9.59 Å². The summed E-state index contributed by atoms with van der Waals surface area (Å²) < 4.78 is 5.47. The molecule has 0 spiro atoms. The first-order valence-electron chi connectivity index (χ1n) is 11.8. The number of aromatic amines is 1. The van der Waals surface area contributed by atoms with E-state index in [0.29, 0.717) is 46.0 Å². The van der Waals surface area contributed by atoms with Gasteiger partial charge in [0, 0.05) is 35.5 Å². The number of Topliss-reactive ketones (excluding diaryl/α,β-unsaturated/α-hetero) is 1. The Hall–Kier alpha value is -3.20. The summed E-state index contributed by atoms with van der Waals surface area (Å²) in [6, 6.07) is 5.40. The third kappa shape index (κ3) is 3.98. The molecule has 8 nitrogen and oxygen atoms in total. The summed E-state index contributed by atoms with van der Waals surface area (Å²) in [4.78, 5) is 52.0. The Morgan fingerprint density at radius 1 is 1.18 bits per heavy atom. The Bertz CT molecular complexity index is 1300. The van der Waals surface area contributed by atoms with Gasteiger partial charge in [-0.3, -0.25) is 14.4 Å². The van der Waals surface area contributed by atoms with Crippen molar-refractivity contribution in [3.05, 3.63) is 36.2 Å². The van der Waals surface area contributed by atoms with Gasteiger partial charge in [0.05, 0.1) is 24.6 Å². The summed E-state index contributed by atoms with van der Waals surface area (Å²) in [5.74, 6) is 0.976. The molecule has 2 aliphatic rings. The fourth-order valence-electron chi connectivity index (χ4n) is 5.10. The van der Waals surface area contributed by atoms with Gasteiger partial charge >= 0.3 is 5.91 Å². The van der Waals surface area contributed by atoms with E-state index in [-0.39, 0.29) is 16.3 Å². The van der Waals surface area contributed by atoms with Crippen LogP contribution >= 0.6 is 11.8 Å². The second-order valence-corrected chi connectivity index (χ2v) is 11.4. The van der Waals surface area contributed by atoms with Gasteiger partial charge in [0.25, 0.3) is 0 Å². The van der Waals surface area contributed by atoms with E-state index < -0.39 is 17.7 Å². The minimum atomic E-state index is -0.989. The minimum Gasteiger partial charge on any atom is -0.497 e. The summed E-state index contributed by atoms with van der Waals surface area (Å²) in [5.41, 5.74) is 3.18. The van der Waals surface area contributed by atoms with Gasteiger partial charge in [-0.15, -0.1) is 0 Å². The van der Waals surface area contributed by atoms with Crippen molar-refractivity contribution in [1.29, 1.82) is 0 Å². The molecule has 0 unspecified atom stereocenters. The number of ketones is 1. The molecule has 1 aliphatic heterocycles. The van der Waals surface area contributed by atoms with E-state index in [1.165, 1.54) is 11.3 Å². The van der Waals surface area contributed by atoms with Crippen LogP contribution in [0.3, 0.4) is 0 Å². The van der Waals surface area contributed by atoms with E-state index in [9.17, 15) is 14.4 Å². The lowest BCUT2D eigenvalue weighted by Gasteiger charge is -2.31. The highest BCUT2D eigenvalue weighted by molar-refractivity contribution is 8.15. The van der Waals surface area contributed by atoms with Crippen LogP contribution in [0.4, 0.5) is 5.69 Å². The number of nitrogens with one attached hydrogen (secondary N) is 1. The Morgan fingerprint density at radius 3 is 2.74 bits per heavy atom. The van der Waals surface area contributed by atoms with Crippen LogP contribution in [0.2, 0.25) is 0 Å². The summed E-state index contributed by atoms with van der Waals surface area (Å²) in [7, 11) is 1.56. The minimum absolute atomic E-state index is 0.109. The standard InChI is InChI=1S/C25H30N4O4S/c1-25(6-4-3-5-7-25)21(30)18-13-26-22-20(18)28-19(14-27-22)15-10-16(12-17(11-15)33-2)29-8-9-34-24(32)23(29)31/h10-14H,3-9H2,1-2H3,34H4,(H,26,27). The smallest absolute Gasteiger partial charge is 0.301 e. The summed E-state index contributed by atoms with van der Waals surface area (Å²) in [6.07, 6.45) is 8.43. The number of aromatic nitrogens is 3. The number of hydrogen-bond acceptors (Lipinski definition) is 6. The lowest BCUT2D eigenvalue weighted by molar-refractivity contribution is -0.131. The maximum atomic E-state index is 13.5. The van der Waals surface area contributed by atoms with Crippen LogP contribution in [0.25, 0.3) is 22.4 Å². The Morgan fingerprint density at radius 2 is 1.97 bits per heavy atom. The molecule has 0 bridgehead atoms. The van der Waals surface area contributed by atoms with Crippen molar-refractivity contribution in [3.63, 3.8) is 0 Å². The molecule has 9 heteroatoms. The summed E-state index contributed by atoms with van der Waals surface area (Å²) in [5, 5.41) is -0.247. The summed E-state index contributed by atoms with van der Waals surface area (Å²) >= 11 is -0.989. The molecule has 5 rings (SSSR count). The van der Waals surface area contributed by atoms with E-state index in [2.05, 4.69) is 16.9 Å². The fraction of sp³-hybridized carbons (Fsp3) is 0.400. The van der Waals surface area contributed by atoms with Crippen LogP contribution in [0.5, 0.6) is 5.75 Å². The fourth-order valence-corrected chi connectivity index (χ4v) is 6.30. The highest BCUT2D eigenvalue weighted by Gasteiger charge is 2.36. The monoisotopic (exact) mass is 482 g/mol. The number of H-pyrrole nitrogens is 1.